The van der Waals surface area contributed by atoms with Gasteiger partial charge in [0.15, 0.2) is 10.8 Å². The number of carbonyl (C=O) groups excluding carboxylic acids is 1. The van der Waals surface area contributed by atoms with Crippen molar-refractivity contribution in [1.82, 2.24) is 5.32 Å². The number of ether oxygens (including phenoxy) is 1. The first-order chi connectivity index (χ1) is 12.4. The highest BCUT2D eigenvalue weighted by atomic mass is 35.5. The number of hydrogen-bond donors (Lipinski definition) is 1. The van der Waals surface area contributed by atoms with E-state index in [1.807, 2.05) is 0 Å². The average Bonchev–Trinajstić information content (AvgIpc) is 2.62. The number of allylic oxidation sites excluding steroid dienone is 1. The second kappa shape index (κ2) is 7.03. The number of Topliss-reactive ketones (excluding diaryl/α,β-unsaturated/α-hetero) is 1. The number of nitro groups is 1. The van der Waals surface area contributed by atoms with Crippen LogP contribution >= 0.6 is 11.6 Å². The predicted octanol–water partition coefficient (Wildman–Crippen LogP) is 3.11. The smallest absolute Gasteiger partial charge is 0.321 e. The van der Waals surface area contributed by atoms with E-state index in [1.165, 1.54) is 25.3 Å². The van der Waals surface area contributed by atoms with Gasteiger partial charge in [-0.05, 0) is 31.0 Å². The van der Waals surface area contributed by atoms with Gasteiger partial charge < -0.3 is 10.1 Å². The van der Waals surface area contributed by atoms with Gasteiger partial charge in [0.05, 0.1) is 12.0 Å². The van der Waals surface area contributed by atoms with Crippen LogP contribution in [0.3, 0.4) is 0 Å². The minimum atomic E-state index is -1.34. The van der Waals surface area contributed by atoms with Crippen molar-refractivity contribution < 1.29 is 18.8 Å². The second-order valence-electron chi connectivity index (χ2n) is 6.26. The van der Waals surface area contributed by atoms with Crippen LogP contribution in [0.2, 0.25) is 0 Å². The topological polar surface area (TPSA) is 93.8 Å². The maximum absolute atomic E-state index is 14.7. The highest BCUT2D eigenvalue weighted by Crippen LogP contribution is 2.44. The van der Waals surface area contributed by atoms with Gasteiger partial charge in [0.25, 0.3) is 0 Å². The fourth-order valence-corrected chi connectivity index (χ4v) is 3.72. The molecule has 1 unspecified atom stereocenters. The zero-order valence-electron chi connectivity index (χ0n) is 14.0. The van der Waals surface area contributed by atoms with Gasteiger partial charge in [-0.1, -0.05) is 11.6 Å². The molecule has 0 aromatic heterocycles. The summed E-state index contributed by atoms with van der Waals surface area (Å²) in [5.74, 6) is -0.249. The number of aliphatic imine (C=N–C) groups is 1. The lowest BCUT2D eigenvalue weighted by Crippen LogP contribution is -2.50. The number of carbonyl (C=O) groups is 1. The number of hydrogen-bond acceptors (Lipinski definition) is 6. The lowest BCUT2D eigenvalue weighted by atomic mass is 9.75. The van der Waals surface area contributed by atoms with Crippen molar-refractivity contribution in [3.8, 4) is 5.75 Å². The number of rotatable bonds is 4. The first-order valence-electron chi connectivity index (χ1n) is 8.10. The fraction of sp³-hybridized carbons (Fsp3) is 0.412. The van der Waals surface area contributed by atoms with Gasteiger partial charge in [-0.15, -0.1) is 0 Å². The van der Waals surface area contributed by atoms with Crippen LogP contribution < -0.4 is 10.1 Å². The first kappa shape index (κ1) is 18.3. The maximum Gasteiger partial charge on any atom is 0.321 e. The third-order valence-electron chi connectivity index (χ3n) is 4.83. The molecule has 1 aromatic carbocycles. The molecular weight excluding hydrogens is 365 g/mol. The summed E-state index contributed by atoms with van der Waals surface area (Å²) in [4.78, 5) is 26.4. The number of halogens is 2. The molecule has 1 aliphatic heterocycles. The molecular formula is C17H17ClFN3O4. The standard InChI is InChI=1S/C17H17ClFN3O4/c1-26-12-6-7-14(19)13(8-12)17(10-2-4-11(23)5-3-10)20-9-15(22(24)25)16(18)21-17/h6-10,21H,2-5H2,1H3. The molecule has 1 saturated carbocycles. The Labute approximate surface area is 154 Å². The molecule has 7 nitrogen and oxygen atoms in total. The SMILES string of the molecule is COc1ccc(F)c(C2(C3CCC(=O)CC3)N=CC([N+](=O)[O-])=C(Cl)N2)c1. The molecule has 0 bridgehead atoms. The summed E-state index contributed by atoms with van der Waals surface area (Å²) in [6.45, 7) is 0. The number of nitrogens with one attached hydrogen (secondary N) is 1. The van der Waals surface area contributed by atoms with Gasteiger partial charge in [0, 0.05) is 24.3 Å². The Morgan fingerprint density at radius 3 is 2.69 bits per heavy atom. The Bertz CT molecular complexity index is 816. The molecule has 0 amide bonds. The van der Waals surface area contributed by atoms with Gasteiger partial charge >= 0.3 is 5.70 Å². The summed E-state index contributed by atoms with van der Waals surface area (Å²) in [5.41, 5.74) is -1.55. The van der Waals surface area contributed by atoms with E-state index in [1.54, 1.807) is 0 Å². The molecule has 1 aromatic rings. The first-order valence-corrected chi connectivity index (χ1v) is 8.48. The van der Waals surface area contributed by atoms with E-state index >= 15 is 0 Å². The van der Waals surface area contributed by atoms with Crippen molar-refractivity contribution in [3.63, 3.8) is 0 Å². The summed E-state index contributed by atoms with van der Waals surface area (Å²) in [5, 5.41) is 13.7. The second-order valence-corrected chi connectivity index (χ2v) is 6.64. The van der Waals surface area contributed by atoms with Crippen molar-refractivity contribution in [1.29, 1.82) is 0 Å². The molecule has 1 N–H and O–H groups in total. The minimum Gasteiger partial charge on any atom is -0.497 e. The Kier molecular flexibility index (Phi) is 4.95. The van der Waals surface area contributed by atoms with Crippen LogP contribution in [0.15, 0.2) is 34.0 Å². The zero-order valence-corrected chi connectivity index (χ0v) is 14.8. The van der Waals surface area contributed by atoms with Gasteiger partial charge in [-0.2, -0.15) is 0 Å². The van der Waals surface area contributed by atoms with Crippen LogP contribution in [0.4, 0.5) is 4.39 Å². The quantitative estimate of drug-likeness (QED) is 0.491. The fourth-order valence-electron chi connectivity index (χ4n) is 3.46. The van der Waals surface area contributed by atoms with E-state index in [9.17, 15) is 19.3 Å². The number of benzene rings is 1. The Hall–Kier alpha value is -2.48. The summed E-state index contributed by atoms with van der Waals surface area (Å²) >= 11 is 6.10. The molecule has 0 spiro atoms. The van der Waals surface area contributed by atoms with E-state index in [2.05, 4.69) is 10.3 Å². The highest BCUT2D eigenvalue weighted by molar-refractivity contribution is 6.30. The number of nitrogens with zero attached hydrogens (tertiary/aromatic N) is 2. The largest absolute Gasteiger partial charge is 0.497 e. The van der Waals surface area contributed by atoms with E-state index in [4.69, 9.17) is 16.3 Å². The summed E-state index contributed by atoms with van der Waals surface area (Å²) < 4.78 is 19.9. The van der Waals surface area contributed by atoms with Crippen molar-refractivity contribution in [2.24, 2.45) is 10.9 Å². The van der Waals surface area contributed by atoms with Gasteiger partial charge in [0.1, 0.15) is 23.6 Å². The number of ketones is 1. The lowest BCUT2D eigenvalue weighted by Gasteiger charge is -2.41. The normalized spacial score (nSPS) is 23.7. The molecule has 9 heteroatoms. The van der Waals surface area contributed by atoms with Crippen LogP contribution in [0.1, 0.15) is 31.2 Å². The van der Waals surface area contributed by atoms with Crippen molar-refractivity contribution in [2.45, 2.75) is 31.3 Å². The average molecular weight is 382 g/mol. The summed E-state index contributed by atoms with van der Waals surface area (Å²) in [6.07, 6.45) is 2.68. The molecule has 1 aliphatic carbocycles. The van der Waals surface area contributed by atoms with E-state index < -0.39 is 22.1 Å². The predicted molar refractivity (Wildman–Crippen MR) is 93.1 cm³/mol. The minimum absolute atomic E-state index is 0.134. The van der Waals surface area contributed by atoms with Crippen LogP contribution in [0, 0.1) is 21.8 Å². The summed E-state index contributed by atoms with van der Waals surface area (Å²) in [7, 11) is 1.46. The van der Waals surface area contributed by atoms with Crippen molar-refractivity contribution in [2.75, 3.05) is 7.11 Å². The molecule has 1 atom stereocenters. The van der Waals surface area contributed by atoms with Crippen LogP contribution in [0.5, 0.6) is 5.75 Å². The molecule has 138 valence electrons. The van der Waals surface area contributed by atoms with Crippen molar-refractivity contribution in [3.05, 3.63) is 50.5 Å². The van der Waals surface area contributed by atoms with Gasteiger partial charge in [0.2, 0.25) is 0 Å². The molecule has 1 fully saturated rings. The molecule has 26 heavy (non-hydrogen) atoms. The zero-order chi connectivity index (χ0) is 18.9. The Balaban J connectivity index is 2.11. The monoisotopic (exact) mass is 381 g/mol. The molecule has 3 rings (SSSR count). The molecule has 2 aliphatic rings. The van der Waals surface area contributed by atoms with Crippen LogP contribution in [-0.2, 0) is 10.5 Å². The van der Waals surface area contributed by atoms with Gasteiger partial charge in [-0.25, -0.2) is 4.39 Å². The molecule has 0 radical (unpaired) electrons. The van der Waals surface area contributed by atoms with E-state index in [0.29, 0.717) is 31.4 Å². The number of methoxy groups -OCH3 is 1. The summed E-state index contributed by atoms with van der Waals surface area (Å²) in [6, 6.07) is 4.22. The van der Waals surface area contributed by atoms with Gasteiger partial charge in [-0.3, -0.25) is 19.9 Å². The third kappa shape index (κ3) is 3.16. The molecule has 1 heterocycles. The Morgan fingerprint density at radius 1 is 1.42 bits per heavy atom. The third-order valence-corrected chi connectivity index (χ3v) is 5.12. The van der Waals surface area contributed by atoms with Crippen molar-refractivity contribution >= 4 is 23.6 Å². The van der Waals surface area contributed by atoms with E-state index in [-0.39, 0.29) is 22.4 Å². The Morgan fingerprint density at radius 2 is 2.12 bits per heavy atom. The van der Waals surface area contributed by atoms with Crippen LogP contribution in [-0.4, -0.2) is 24.0 Å². The molecule has 0 saturated heterocycles. The maximum atomic E-state index is 14.7. The highest BCUT2D eigenvalue weighted by Gasteiger charge is 2.47. The van der Waals surface area contributed by atoms with E-state index in [0.717, 1.165) is 6.21 Å². The van der Waals surface area contributed by atoms with Crippen LogP contribution in [0.25, 0.3) is 0 Å². The lowest BCUT2D eigenvalue weighted by molar-refractivity contribution is -0.415.